The lowest BCUT2D eigenvalue weighted by Gasteiger charge is -2.10. The summed E-state index contributed by atoms with van der Waals surface area (Å²) in [5.74, 6) is -0.863. The maximum absolute atomic E-state index is 12.1. The molecule has 0 heterocycles. The van der Waals surface area contributed by atoms with Gasteiger partial charge in [0.2, 0.25) is 0 Å². The molecule has 0 radical (unpaired) electrons. The van der Waals surface area contributed by atoms with Gasteiger partial charge >= 0.3 is 0 Å². The number of benzene rings is 2. The minimum absolute atomic E-state index is 0.306. The molecule has 0 saturated carbocycles. The number of amides is 2. The van der Waals surface area contributed by atoms with Crippen LogP contribution in [0.3, 0.4) is 0 Å². The molecule has 2 amide bonds. The first kappa shape index (κ1) is 15.3. The average molecular weight is 293 g/mol. The molecule has 22 heavy (non-hydrogen) atoms. The number of nitriles is 1. The number of hydrazine groups is 1. The Morgan fingerprint density at radius 1 is 1.00 bits per heavy atom. The number of rotatable bonds is 2. The number of aryl methyl sites for hydroxylation is 2. The van der Waals surface area contributed by atoms with Gasteiger partial charge in [-0.2, -0.15) is 5.26 Å². The highest BCUT2D eigenvalue weighted by Crippen LogP contribution is 2.10. The standard InChI is InChI=1S/C17H15N3O2/c1-11-6-7-15(12(2)8-11)17(22)20-19-16(21)14-5-3-4-13(9-14)10-18/h3-9H,1-2H3,(H,19,21)(H,20,22). The molecule has 2 aromatic rings. The number of carbonyl (C=O) groups is 2. The van der Waals surface area contributed by atoms with Gasteiger partial charge in [0.15, 0.2) is 0 Å². The maximum atomic E-state index is 12.1. The van der Waals surface area contributed by atoms with Crippen molar-refractivity contribution >= 4 is 11.8 Å². The van der Waals surface area contributed by atoms with E-state index in [1.165, 1.54) is 6.07 Å². The Hall–Kier alpha value is -3.13. The number of hydrogen-bond donors (Lipinski definition) is 2. The summed E-state index contributed by atoms with van der Waals surface area (Å²) in [5, 5.41) is 8.81. The van der Waals surface area contributed by atoms with Gasteiger partial charge in [-0.15, -0.1) is 0 Å². The van der Waals surface area contributed by atoms with Crippen LogP contribution in [0, 0.1) is 25.2 Å². The van der Waals surface area contributed by atoms with E-state index < -0.39 is 5.91 Å². The van der Waals surface area contributed by atoms with Gasteiger partial charge in [-0.05, 0) is 43.7 Å². The predicted molar refractivity (Wildman–Crippen MR) is 82.0 cm³/mol. The van der Waals surface area contributed by atoms with Crippen LogP contribution >= 0.6 is 0 Å². The predicted octanol–water partition coefficient (Wildman–Crippen LogP) is 2.25. The summed E-state index contributed by atoms with van der Waals surface area (Å²) in [6.07, 6.45) is 0. The Bertz CT molecular complexity index is 776. The lowest BCUT2D eigenvalue weighted by atomic mass is 10.1. The Kier molecular flexibility index (Phi) is 4.54. The Balaban J connectivity index is 2.04. The summed E-state index contributed by atoms with van der Waals surface area (Å²) >= 11 is 0. The van der Waals surface area contributed by atoms with E-state index in [1.807, 2.05) is 32.0 Å². The van der Waals surface area contributed by atoms with Crippen LogP contribution in [0.5, 0.6) is 0 Å². The Labute approximate surface area is 128 Å². The smallest absolute Gasteiger partial charge is 0.267 e. The van der Waals surface area contributed by atoms with Crippen molar-refractivity contribution in [2.24, 2.45) is 0 Å². The molecule has 0 aliphatic carbocycles. The fourth-order valence-electron chi connectivity index (χ4n) is 2.05. The summed E-state index contributed by atoms with van der Waals surface area (Å²) in [6, 6.07) is 13.6. The van der Waals surface area contributed by atoms with Crippen molar-refractivity contribution in [2.75, 3.05) is 0 Å². The number of nitrogens with zero attached hydrogens (tertiary/aromatic N) is 1. The van der Waals surface area contributed by atoms with Gasteiger partial charge in [0.25, 0.3) is 11.8 Å². The number of carbonyl (C=O) groups excluding carboxylic acids is 2. The molecule has 0 atom stereocenters. The van der Waals surface area contributed by atoms with Gasteiger partial charge in [0, 0.05) is 11.1 Å². The minimum atomic E-state index is -0.477. The van der Waals surface area contributed by atoms with E-state index in [0.717, 1.165) is 11.1 Å². The molecule has 0 aliphatic heterocycles. The largest absolute Gasteiger partial charge is 0.269 e. The van der Waals surface area contributed by atoms with Crippen LogP contribution in [0.4, 0.5) is 0 Å². The molecular weight excluding hydrogens is 278 g/mol. The molecule has 0 bridgehead atoms. The molecule has 0 aliphatic rings. The second kappa shape index (κ2) is 6.55. The second-order valence-electron chi connectivity index (χ2n) is 4.92. The molecule has 110 valence electrons. The lowest BCUT2D eigenvalue weighted by Crippen LogP contribution is -2.41. The van der Waals surface area contributed by atoms with Crippen molar-refractivity contribution in [2.45, 2.75) is 13.8 Å². The summed E-state index contributed by atoms with van der Waals surface area (Å²) in [5.41, 5.74) is 7.79. The highest BCUT2D eigenvalue weighted by Gasteiger charge is 2.11. The first-order valence-corrected chi connectivity index (χ1v) is 6.69. The van der Waals surface area contributed by atoms with Crippen molar-refractivity contribution in [3.8, 4) is 6.07 Å². The van der Waals surface area contributed by atoms with Crippen LogP contribution < -0.4 is 10.9 Å². The topological polar surface area (TPSA) is 82.0 Å². The maximum Gasteiger partial charge on any atom is 0.269 e. The quantitative estimate of drug-likeness (QED) is 0.833. The summed E-state index contributed by atoms with van der Waals surface area (Å²) in [6.45, 7) is 3.78. The summed E-state index contributed by atoms with van der Waals surface area (Å²) in [4.78, 5) is 24.0. The Morgan fingerprint density at radius 3 is 2.41 bits per heavy atom. The zero-order valence-corrected chi connectivity index (χ0v) is 12.3. The molecule has 0 spiro atoms. The van der Waals surface area contributed by atoms with Gasteiger partial charge in [-0.25, -0.2) is 0 Å². The molecule has 0 fully saturated rings. The van der Waals surface area contributed by atoms with Crippen LogP contribution in [0.25, 0.3) is 0 Å². The molecule has 5 heteroatoms. The monoisotopic (exact) mass is 293 g/mol. The minimum Gasteiger partial charge on any atom is -0.267 e. The molecule has 0 aromatic heterocycles. The average Bonchev–Trinajstić information content (AvgIpc) is 2.52. The first-order chi connectivity index (χ1) is 10.5. The molecule has 2 aromatic carbocycles. The van der Waals surface area contributed by atoms with Gasteiger partial charge < -0.3 is 0 Å². The van der Waals surface area contributed by atoms with E-state index in [9.17, 15) is 9.59 Å². The van der Waals surface area contributed by atoms with E-state index in [1.54, 1.807) is 24.3 Å². The van der Waals surface area contributed by atoms with E-state index in [0.29, 0.717) is 16.7 Å². The highest BCUT2D eigenvalue weighted by molar-refractivity contribution is 5.99. The Morgan fingerprint density at radius 2 is 1.73 bits per heavy atom. The summed E-state index contributed by atoms with van der Waals surface area (Å²) < 4.78 is 0. The van der Waals surface area contributed by atoms with E-state index in [4.69, 9.17) is 5.26 Å². The van der Waals surface area contributed by atoms with Crippen LogP contribution in [0.15, 0.2) is 42.5 Å². The van der Waals surface area contributed by atoms with Crippen LogP contribution in [-0.2, 0) is 0 Å². The molecule has 2 rings (SSSR count). The number of hydrogen-bond acceptors (Lipinski definition) is 3. The third kappa shape index (κ3) is 3.49. The molecule has 0 unspecified atom stereocenters. The third-order valence-corrected chi connectivity index (χ3v) is 3.17. The highest BCUT2D eigenvalue weighted by atomic mass is 16.2. The molecule has 5 nitrogen and oxygen atoms in total. The number of nitrogens with one attached hydrogen (secondary N) is 2. The van der Waals surface area contributed by atoms with Crippen LogP contribution in [0.1, 0.15) is 37.4 Å². The fourth-order valence-corrected chi connectivity index (χ4v) is 2.05. The van der Waals surface area contributed by atoms with Crippen LogP contribution in [0.2, 0.25) is 0 Å². The lowest BCUT2D eigenvalue weighted by molar-refractivity contribution is 0.0846. The second-order valence-corrected chi connectivity index (χ2v) is 4.92. The van der Waals surface area contributed by atoms with E-state index in [2.05, 4.69) is 10.9 Å². The molecular formula is C17H15N3O2. The van der Waals surface area contributed by atoms with E-state index >= 15 is 0 Å². The normalized spacial score (nSPS) is 9.68. The van der Waals surface area contributed by atoms with Crippen LogP contribution in [-0.4, -0.2) is 11.8 Å². The SMILES string of the molecule is Cc1ccc(C(=O)NNC(=O)c2cccc(C#N)c2)c(C)c1. The zero-order chi connectivity index (χ0) is 16.1. The van der Waals surface area contributed by atoms with Crippen molar-refractivity contribution in [1.29, 1.82) is 5.26 Å². The van der Waals surface area contributed by atoms with Crippen molar-refractivity contribution in [3.63, 3.8) is 0 Å². The zero-order valence-electron chi connectivity index (χ0n) is 12.3. The first-order valence-electron chi connectivity index (χ1n) is 6.69. The summed E-state index contributed by atoms with van der Waals surface area (Å²) in [7, 11) is 0. The van der Waals surface area contributed by atoms with E-state index in [-0.39, 0.29) is 5.91 Å². The van der Waals surface area contributed by atoms with Crippen molar-refractivity contribution < 1.29 is 9.59 Å². The van der Waals surface area contributed by atoms with Gasteiger partial charge in [0.05, 0.1) is 11.6 Å². The third-order valence-electron chi connectivity index (χ3n) is 3.17. The van der Waals surface area contributed by atoms with Gasteiger partial charge in [-0.3, -0.25) is 20.4 Å². The molecule has 0 saturated heterocycles. The fraction of sp³-hybridized carbons (Fsp3) is 0.118. The van der Waals surface area contributed by atoms with Crippen molar-refractivity contribution in [3.05, 3.63) is 70.3 Å². The van der Waals surface area contributed by atoms with Gasteiger partial charge in [-0.1, -0.05) is 23.8 Å². The van der Waals surface area contributed by atoms with Gasteiger partial charge in [0.1, 0.15) is 0 Å². The van der Waals surface area contributed by atoms with Crippen molar-refractivity contribution in [1.82, 2.24) is 10.9 Å². The molecule has 2 N–H and O–H groups in total.